The second-order valence-electron chi connectivity index (χ2n) is 2.88. The molecule has 0 radical (unpaired) electrons. The van der Waals surface area contributed by atoms with E-state index in [9.17, 15) is 13.2 Å². The maximum atomic E-state index is 11.8. The smallest absolute Gasteiger partial charge is 0.406 e. The van der Waals surface area contributed by atoms with Crippen LogP contribution < -0.4 is 16.0 Å². The lowest BCUT2D eigenvalue weighted by Crippen LogP contribution is -2.26. The van der Waals surface area contributed by atoms with E-state index < -0.39 is 12.4 Å². The van der Waals surface area contributed by atoms with Crippen LogP contribution in [0.25, 0.3) is 0 Å². The minimum absolute atomic E-state index is 0.302. The fraction of sp³-hybridized carbons (Fsp3) is 0.200. The molecule has 86 valence electrons. The average Bonchev–Trinajstić information content (AvgIpc) is 2.20. The van der Waals surface area contributed by atoms with Crippen molar-refractivity contribution >= 4 is 0 Å². The molecule has 0 aromatic heterocycles. The number of hydrogen-bond donors (Lipinski definition) is 2. The topological polar surface area (TPSA) is 47.3 Å². The minimum atomic E-state index is -4.70. The van der Waals surface area contributed by atoms with Gasteiger partial charge in [0.15, 0.2) is 0 Å². The van der Waals surface area contributed by atoms with Crippen molar-refractivity contribution in [2.24, 2.45) is 5.84 Å². The van der Waals surface area contributed by atoms with E-state index in [1.54, 1.807) is 0 Å². The number of hydrogen-bond acceptors (Lipinski definition) is 3. The molecule has 0 amide bonds. The molecule has 1 rings (SSSR count). The Morgan fingerprint density at radius 3 is 2.25 bits per heavy atom. The summed E-state index contributed by atoms with van der Waals surface area (Å²) in [6.07, 6.45) is 0.456. The monoisotopic (exact) mass is 230 g/mol. The lowest BCUT2D eigenvalue weighted by molar-refractivity contribution is -0.274. The number of nitrogens with two attached hydrogens (primary N) is 1. The molecule has 0 saturated carbocycles. The summed E-state index contributed by atoms with van der Waals surface area (Å²) in [5, 5.41) is 0. The van der Waals surface area contributed by atoms with Crippen LogP contribution in [0.5, 0.6) is 5.75 Å². The van der Waals surface area contributed by atoms with Gasteiger partial charge >= 0.3 is 6.36 Å². The third-order valence-corrected chi connectivity index (χ3v) is 1.78. The van der Waals surface area contributed by atoms with Crippen LogP contribution in [0.3, 0.4) is 0 Å². The molecule has 1 atom stereocenters. The third-order valence-electron chi connectivity index (χ3n) is 1.78. The molecule has 0 aliphatic carbocycles. The first-order chi connectivity index (χ1) is 7.46. The standard InChI is InChI=1S/C10H9F3N2O/c1-2-9(15-14)7-3-5-8(6-4-7)16-10(11,12)13/h1,3-6,9,15H,14H2. The second-order valence-corrected chi connectivity index (χ2v) is 2.88. The van der Waals surface area contributed by atoms with Gasteiger partial charge in [0.2, 0.25) is 0 Å². The molecule has 0 spiro atoms. The number of hydrazine groups is 1. The maximum absolute atomic E-state index is 11.8. The highest BCUT2D eigenvalue weighted by Crippen LogP contribution is 2.23. The van der Waals surface area contributed by atoms with Gasteiger partial charge in [0, 0.05) is 0 Å². The van der Waals surface area contributed by atoms with Gasteiger partial charge in [0.1, 0.15) is 11.8 Å². The zero-order valence-corrected chi connectivity index (χ0v) is 8.08. The van der Waals surface area contributed by atoms with Crippen LogP contribution in [-0.4, -0.2) is 6.36 Å². The van der Waals surface area contributed by atoms with Crippen molar-refractivity contribution in [1.82, 2.24) is 5.43 Å². The molecule has 0 bridgehead atoms. The predicted octanol–water partition coefficient (Wildman–Crippen LogP) is 1.72. The Bertz CT molecular complexity index is 381. The summed E-state index contributed by atoms with van der Waals surface area (Å²) >= 11 is 0. The van der Waals surface area contributed by atoms with Gasteiger partial charge in [-0.25, -0.2) is 5.43 Å². The molecule has 0 saturated heterocycles. The molecular formula is C10H9F3N2O. The van der Waals surface area contributed by atoms with Crippen LogP contribution in [0.2, 0.25) is 0 Å². The lowest BCUT2D eigenvalue weighted by atomic mass is 10.1. The predicted molar refractivity (Wildman–Crippen MR) is 52.0 cm³/mol. The van der Waals surface area contributed by atoms with Crippen molar-refractivity contribution in [3.63, 3.8) is 0 Å². The van der Waals surface area contributed by atoms with Crippen molar-refractivity contribution in [2.45, 2.75) is 12.4 Å². The van der Waals surface area contributed by atoms with E-state index in [4.69, 9.17) is 12.3 Å². The number of alkyl halides is 3. The number of rotatable bonds is 3. The summed E-state index contributed by atoms with van der Waals surface area (Å²) in [5.74, 6) is 7.19. The van der Waals surface area contributed by atoms with Crippen molar-refractivity contribution in [1.29, 1.82) is 0 Å². The highest BCUT2D eigenvalue weighted by molar-refractivity contribution is 5.32. The second kappa shape index (κ2) is 4.88. The molecule has 0 aliphatic rings. The molecule has 0 fully saturated rings. The van der Waals surface area contributed by atoms with Gasteiger partial charge in [-0.15, -0.1) is 19.6 Å². The quantitative estimate of drug-likeness (QED) is 0.472. The summed E-state index contributed by atoms with van der Waals surface area (Å²) in [6.45, 7) is 0. The van der Waals surface area contributed by atoms with E-state index in [0.717, 1.165) is 0 Å². The highest BCUT2D eigenvalue weighted by Gasteiger charge is 2.30. The third kappa shape index (κ3) is 3.46. The fourth-order valence-corrected chi connectivity index (χ4v) is 1.10. The SMILES string of the molecule is C#CC(NN)c1ccc(OC(F)(F)F)cc1. The number of benzene rings is 1. The van der Waals surface area contributed by atoms with E-state index in [-0.39, 0.29) is 5.75 Å². The average molecular weight is 230 g/mol. The van der Waals surface area contributed by atoms with Gasteiger partial charge in [-0.1, -0.05) is 18.1 Å². The van der Waals surface area contributed by atoms with Crippen LogP contribution >= 0.6 is 0 Å². The van der Waals surface area contributed by atoms with Gasteiger partial charge in [-0.3, -0.25) is 5.84 Å². The molecule has 1 aromatic rings. The first-order valence-electron chi connectivity index (χ1n) is 4.24. The molecule has 1 aromatic carbocycles. The first kappa shape index (κ1) is 12.4. The van der Waals surface area contributed by atoms with E-state index >= 15 is 0 Å². The molecule has 0 heterocycles. The fourth-order valence-electron chi connectivity index (χ4n) is 1.10. The van der Waals surface area contributed by atoms with Crippen molar-refractivity contribution < 1.29 is 17.9 Å². The molecule has 16 heavy (non-hydrogen) atoms. The minimum Gasteiger partial charge on any atom is -0.406 e. The van der Waals surface area contributed by atoms with Crippen LogP contribution in [0.15, 0.2) is 24.3 Å². The van der Waals surface area contributed by atoms with Crippen LogP contribution in [0.1, 0.15) is 11.6 Å². The van der Waals surface area contributed by atoms with Crippen molar-refractivity contribution in [2.75, 3.05) is 0 Å². The Kier molecular flexibility index (Phi) is 3.77. The van der Waals surface area contributed by atoms with Crippen molar-refractivity contribution in [3.8, 4) is 18.1 Å². The summed E-state index contributed by atoms with van der Waals surface area (Å²) in [6, 6.07) is 4.62. The van der Waals surface area contributed by atoms with E-state index in [1.165, 1.54) is 24.3 Å². The Labute approximate surface area is 90.4 Å². The molecule has 3 nitrogen and oxygen atoms in total. The Balaban J connectivity index is 2.80. The Morgan fingerprint density at radius 2 is 1.88 bits per heavy atom. The van der Waals surface area contributed by atoms with Crippen LogP contribution in [-0.2, 0) is 0 Å². The Morgan fingerprint density at radius 1 is 1.31 bits per heavy atom. The first-order valence-corrected chi connectivity index (χ1v) is 4.24. The summed E-state index contributed by atoms with van der Waals surface area (Å²) in [7, 11) is 0. The Hall–Kier alpha value is -1.71. The molecule has 3 N–H and O–H groups in total. The molecule has 1 unspecified atom stereocenters. The lowest BCUT2D eigenvalue weighted by Gasteiger charge is -2.11. The maximum Gasteiger partial charge on any atom is 0.573 e. The number of halogens is 3. The van der Waals surface area contributed by atoms with E-state index in [2.05, 4.69) is 16.1 Å². The van der Waals surface area contributed by atoms with E-state index in [0.29, 0.717) is 5.56 Å². The van der Waals surface area contributed by atoms with Gasteiger partial charge < -0.3 is 4.74 Å². The van der Waals surface area contributed by atoms with Gasteiger partial charge in [0.05, 0.1) is 0 Å². The van der Waals surface area contributed by atoms with E-state index in [1.807, 2.05) is 0 Å². The molecule has 6 heteroatoms. The number of terminal acetylenes is 1. The molecule has 0 aliphatic heterocycles. The van der Waals surface area contributed by atoms with Crippen LogP contribution in [0.4, 0.5) is 13.2 Å². The van der Waals surface area contributed by atoms with Gasteiger partial charge in [-0.2, -0.15) is 0 Å². The largest absolute Gasteiger partial charge is 0.573 e. The van der Waals surface area contributed by atoms with Crippen molar-refractivity contribution in [3.05, 3.63) is 29.8 Å². The summed E-state index contributed by atoms with van der Waals surface area (Å²) in [5.41, 5.74) is 2.92. The normalized spacial score (nSPS) is 12.9. The van der Waals surface area contributed by atoms with Crippen LogP contribution in [0, 0.1) is 12.3 Å². The number of nitrogens with one attached hydrogen (secondary N) is 1. The zero-order chi connectivity index (χ0) is 12.2. The molecular weight excluding hydrogens is 221 g/mol. The van der Waals surface area contributed by atoms with Gasteiger partial charge in [-0.05, 0) is 17.7 Å². The summed E-state index contributed by atoms with van der Waals surface area (Å²) in [4.78, 5) is 0. The number of ether oxygens (including phenoxy) is 1. The summed E-state index contributed by atoms with van der Waals surface area (Å²) < 4.78 is 39.2. The zero-order valence-electron chi connectivity index (χ0n) is 8.08. The highest BCUT2D eigenvalue weighted by atomic mass is 19.4. The van der Waals surface area contributed by atoms with Gasteiger partial charge in [0.25, 0.3) is 0 Å².